The summed E-state index contributed by atoms with van der Waals surface area (Å²) in [5.74, 6) is 0.0393. The van der Waals surface area contributed by atoms with Crippen LogP contribution in [0, 0.1) is 6.92 Å². The van der Waals surface area contributed by atoms with Crippen LogP contribution in [0.5, 0.6) is 5.75 Å². The Balaban J connectivity index is 1.38. The highest BCUT2D eigenvalue weighted by molar-refractivity contribution is 5.83. The highest BCUT2D eigenvalue weighted by Crippen LogP contribution is 2.35. The SMILES string of the molecule is C=CC(=O)Oc1ccc(C=Cc2ccc(N(C=C3CCc4ccccc43)c3ccc(C)cc3)cc2)cc1. The fourth-order valence-electron chi connectivity index (χ4n) is 4.49. The maximum Gasteiger partial charge on any atom is 0.335 e. The fourth-order valence-corrected chi connectivity index (χ4v) is 4.49. The van der Waals surface area contributed by atoms with Crippen molar-refractivity contribution in [2.75, 3.05) is 4.90 Å². The smallest absolute Gasteiger partial charge is 0.335 e. The van der Waals surface area contributed by atoms with E-state index in [2.05, 4.69) is 103 Å². The lowest BCUT2D eigenvalue weighted by Gasteiger charge is -2.23. The number of benzene rings is 4. The highest BCUT2D eigenvalue weighted by atomic mass is 16.5. The van der Waals surface area contributed by atoms with Gasteiger partial charge in [-0.15, -0.1) is 0 Å². The van der Waals surface area contributed by atoms with E-state index in [4.69, 9.17) is 4.74 Å². The molecule has 3 nitrogen and oxygen atoms in total. The molecule has 0 heterocycles. The van der Waals surface area contributed by atoms with Gasteiger partial charge >= 0.3 is 5.97 Å². The molecule has 182 valence electrons. The van der Waals surface area contributed by atoms with E-state index in [0.29, 0.717) is 5.75 Å². The normalized spacial score (nSPS) is 13.5. The van der Waals surface area contributed by atoms with E-state index >= 15 is 0 Å². The predicted molar refractivity (Wildman–Crippen MR) is 154 cm³/mol. The molecule has 0 bridgehead atoms. The van der Waals surface area contributed by atoms with Crippen LogP contribution in [0.2, 0.25) is 0 Å². The minimum Gasteiger partial charge on any atom is -0.423 e. The van der Waals surface area contributed by atoms with Gasteiger partial charge in [-0.25, -0.2) is 4.79 Å². The van der Waals surface area contributed by atoms with Crippen molar-refractivity contribution in [1.29, 1.82) is 0 Å². The molecule has 0 saturated carbocycles. The lowest BCUT2D eigenvalue weighted by Crippen LogP contribution is -2.09. The summed E-state index contributed by atoms with van der Waals surface area (Å²) in [6, 6.07) is 33.4. The largest absolute Gasteiger partial charge is 0.423 e. The number of fused-ring (bicyclic) bond motifs is 1. The van der Waals surface area contributed by atoms with Crippen LogP contribution in [0.15, 0.2) is 116 Å². The van der Waals surface area contributed by atoms with Crippen molar-refractivity contribution in [3.05, 3.63) is 144 Å². The van der Waals surface area contributed by atoms with Crippen LogP contribution in [-0.4, -0.2) is 5.97 Å². The Morgan fingerprint density at radius 2 is 1.38 bits per heavy atom. The quantitative estimate of drug-likeness (QED) is 0.114. The Morgan fingerprint density at radius 3 is 2.03 bits per heavy atom. The van der Waals surface area contributed by atoms with E-state index in [1.165, 1.54) is 22.3 Å². The third-order valence-corrected chi connectivity index (χ3v) is 6.53. The van der Waals surface area contributed by atoms with Crippen molar-refractivity contribution in [1.82, 2.24) is 0 Å². The number of ether oxygens (including phenoxy) is 1. The third-order valence-electron chi connectivity index (χ3n) is 6.53. The fraction of sp³-hybridized carbons (Fsp3) is 0.0882. The molecule has 0 radical (unpaired) electrons. The molecule has 0 atom stereocenters. The van der Waals surface area contributed by atoms with Crippen LogP contribution >= 0.6 is 0 Å². The standard InChI is InChI=1S/C34H29NO2/c1-3-34(36)37-32-22-14-27(15-23-32)11-10-26-12-20-31(21-13-26)35(30-18-8-25(2)9-19-30)24-29-17-16-28-6-4-5-7-33(28)29/h3-15,18-24H,1,16-17H2,2H3. The molecule has 4 aromatic rings. The van der Waals surface area contributed by atoms with Crippen LogP contribution in [-0.2, 0) is 11.2 Å². The van der Waals surface area contributed by atoms with Gasteiger partial charge in [0.05, 0.1) is 0 Å². The first-order valence-corrected chi connectivity index (χ1v) is 12.5. The maximum absolute atomic E-state index is 11.3. The summed E-state index contributed by atoms with van der Waals surface area (Å²) in [4.78, 5) is 13.6. The van der Waals surface area contributed by atoms with E-state index in [-0.39, 0.29) is 0 Å². The number of hydrogen-bond acceptors (Lipinski definition) is 3. The second kappa shape index (κ2) is 11.0. The summed E-state index contributed by atoms with van der Waals surface area (Å²) >= 11 is 0. The molecule has 0 unspecified atom stereocenters. The molecule has 0 saturated heterocycles. The first-order chi connectivity index (χ1) is 18.1. The third kappa shape index (κ3) is 5.79. The Hall–Kier alpha value is -4.63. The van der Waals surface area contributed by atoms with Crippen molar-refractivity contribution in [3.63, 3.8) is 0 Å². The van der Waals surface area contributed by atoms with Crippen molar-refractivity contribution in [2.45, 2.75) is 19.8 Å². The number of allylic oxidation sites excluding steroid dienone is 1. The number of nitrogens with zero attached hydrogens (tertiary/aromatic N) is 1. The van der Waals surface area contributed by atoms with Gasteiger partial charge in [-0.1, -0.05) is 85.0 Å². The van der Waals surface area contributed by atoms with E-state index < -0.39 is 5.97 Å². The predicted octanol–water partition coefficient (Wildman–Crippen LogP) is 8.38. The van der Waals surface area contributed by atoms with Gasteiger partial charge in [-0.05, 0) is 84.0 Å². The van der Waals surface area contributed by atoms with Gasteiger partial charge < -0.3 is 9.64 Å². The van der Waals surface area contributed by atoms with Gasteiger partial charge in [0, 0.05) is 23.7 Å². The maximum atomic E-state index is 11.3. The van der Waals surface area contributed by atoms with Crippen LogP contribution < -0.4 is 9.64 Å². The molecule has 1 aliphatic rings. The Labute approximate surface area is 218 Å². The molecule has 0 fully saturated rings. The number of carbonyl (C=O) groups excluding carboxylic acids is 1. The summed E-state index contributed by atoms with van der Waals surface area (Å²) in [5.41, 5.74) is 9.77. The second-order valence-electron chi connectivity index (χ2n) is 9.14. The molecule has 0 amide bonds. The second-order valence-corrected chi connectivity index (χ2v) is 9.14. The molecule has 0 spiro atoms. The minimum atomic E-state index is -0.462. The molecule has 3 heteroatoms. The topological polar surface area (TPSA) is 29.5 Å². The molecule has 0 aliphatic heterocycles. The van der Waals surface area contributed by atoms with Gasteiger partial charge in [0.25, 0.3) is 0 Å². The zero-order valence-electron chi connectivity index (χ0n) is 20.9. The van der Waals surface area contributed by atoms with Crippen LogP contribution in [0.3, 0.4) is 0 Å². The van der Waals surface area contributed by atoms with Crippen molar-refractivity contribution in [3.8, 4) is 5.75 Å². The molecule has 0 N–H and O–H groups in total. The molecule has 0 aromatic heterocycles. The zero-order chi connectivity index (χ0) is 25.6. The number of anilines is 2. The van der Waals surface area contributed by atoms with Crippen molar-refractivity contribution < 1.29 is 9.53 Å². The molecular weight excluding hydrogens is 454 g/mol. The Kier molecular flexibility index (Phi) is 7.14. The molecule has 5 rings (SSSR count). The number of aryl methyl sites for hydroxylation is 2. The summed E-state index contributed by atoms with van der Waals surface area (Å²) in [5, 5.41) is 0. The summed E-state index contributed by atoms with van der Waals surface area (Å²) in [6.45, 7) is 5.53. The lowest BCUT2D eigenvalue weighted by atomic mass is 10.1. The van der Waals surface area contributed by atoms with Crippen LogP contribution in [0.4, 0.5) is 11.4 Å². The Bertz CT molecular complexity index is 1460. The monoisotopic (exact) mass is 483 g/mol. The van der Waals surface area contributed by atoms with E-state index in [9.17, 15) is 4.79 Å². The number of carbonyl (C=O) groups is 1. The van der Waals surface area contributed by atoms with Gasteiger partial charge in [0.2, 0.25) is 0 Å². The molecule has 1 aliphatic carbocycles. The zero-order valence-corrected chi connectivity index (χ0v) is 20.9. The van der Waals surface area contributed by atoms with Gasteiger partial charge in [-0.2, -0.15) is 0 Å². The first-order valence-electron chi connectivity index (χ1n) is 12.5. The molecule has 37 heavy (non-hydrogen) atoms. The first kappa shape index (κ1) is 24.1. The summed E-state index contributed by atoms with van der Waals surface area (Å²) in [6.07, 6.45) is 9.71. The van der Waals surface area contributed by atoms with Gasteiger partial charge in [0.1, 0.15) is 5.75 Å². The Morgan fingerprint density at radius 1 is 0.784 bits per heavy atom. The van der Waals surface area contributed by atoms with Gasteiger partial charge in [0.15, 0.2) is 0 Å². The molecular formula is C34H29NO2. The number of rotatable bonds is 7. The molecule has 4 aromatic carbocycles. The summed E-state index contributed by atoms with van der Waals surface area (Å²) in [7, 11) is 0. The van der Waals surface area contributed by atoms with Crippen LogP contribution in [0.25, 0.3) is 17.7 Å². The minimum absolute atomic E-state index is 0.462. The highest BCUT2D eigenvalue weighted by Gasteiger charge is 2.17. The van der Waals surface area contributed by atoms with E-state index in [0.717, 1.165) is 41.4 Å². The van der Waals surface area contributed by atoms with Crippen molar-refractivity contribution in [2.24, 2.45) is 0 Å². The van der Waals surface area contributed by atoms with Gasteiger partial charge in [-0.3, -0.25) is 0 Å². The number of esters is 1. The van der Waals surface area contributed by atoms with E-state index in [1.54, 1.807) is 12.1 Å². The summed E-state index contributed by atoms with van der Waals surface area (Å²) < 4.78 is 5.14. The number of hydrogen-bond donors (Lipinski definition) is 0. The van der Waals surface area contributed by atoms with Crippen molar-refractivity contribution >= 4 is 35.1 Å². The van der Waals surface area contributed by atoms with E-state index in [1.807, 2.05) is 18.2 Å². The van der Waals surface area contributed by atoms with Crippen LogP contribution in [0.1, 0.15) is 34.2 Å². The average Bonchev–Trinajstić information content (AvgIpc) is 3.35. The lowest BCUT2D eigenvalue weighted by molar-refractivity contribution is -0.128. The average molecular weight is 484 g/mol.